The molecule has 0 atom stereocenters. The van der Waals surface area contributed by atoms with E-state index in [-0.39, 0.29) is 10.3 Å². The quantitative estimate of drug-likeness (QED) is 0.882. The number of hydrogen-bond acceptors (Lipinski definition) is 4. The summed E-state index contributed by atoms with van der Waals surface area (Å²) in [5, 5.41) is 2.26. The summed E-state index contributed by atoms with van der Waals surface area (Å²) in [5.41, 5.74) is 0.769. The van der Waals surface area contributed by atoms with Crippen LogP contribution in [-0.4, -0.2) is 13.4 Å². The van der Waals surface area contributed by atoms with Gasteiger partial charge in [-0.3, -0.25) is 4.72 Å². The molecule has 1 aromatic carbocycles. The first kappa shape index (κ1) is 15.5. The highest BCUT2D eigenvalue weighted by atomic mass is 79.9. The van der Waals surface area contributed by atoms with Gasteiger partial charge < -0.3 is 0 Å². The molecule has 0 saturated carbocycles. The molecule has 0 bridgehead atoms. The van der Waals surface area contributed by atoms with Crippen molar-refractivity contribution in [3.05, 3.63) is 39.8 Å². The zero-order valence-electron chi connectivity index (χ0n) is 11.3. The van der Waals surface area contributed by atoms with Crippen molar-refractivity contribution < 1.29 is 8.42 Å². The Kier molecular flexibility index (Phi) is 4.22. The van der Waals surface area contributed by atoms with E-state index in [0.29, 0.717) is 5.13 Å². The minimum absolute atomic E-state index is 0.101. The highest BCUT2D eigenvalue weighted by Crippen LogP contribution is 2.28. The lowest BCUT2D eigenvalue weighted by Gasteiger charge is -2.14. The van der Waals surface area contributed by atoms with Gasteiger partial charge in [0.1, 0.15) is 0 Å². The van der Waals surface area contributed by atoms with Crippen molar-refractivity contribution in [3.8, 4) is 0 Å². The van der Waals surface area contributed by atoms with Gasteiger partial charge in [0.2, 0.25) is 0 Å². The Labute approximate surface area is 131 Å². The molecule has 0 aliphatic carbocycles. The third kappa shape index (κ3) is 3.59. The van der Waals surface area contributed by atoms with Crippen LogP contribution in [0.4, 0.5) is 5.13 Å². The Morgan fingerprint density at radius 1 is 1.30 bits per heavy atom. The summed E-state index contributed by atoms with van der Waals surface area (Å²) in [6.45, 7) is 6.11. The second-order valence-corrected chi connectivity index (χ2v) is 8.81. The van der Waals surface area contributed by atoms with E-state index >= 15 is 0 Å². The van der Waals surface area contributed by atoms with Crippen LogP contribution in [0.2, 0.25) is 0 Å². The van der Waals surface area contributed by atoms with E-state index in [1.165, 1.54) is 11.3 Å². The first-order valence-corrected chi connectivity index (χ1v) is 9.08. The summed E-state index contributed by atoms with van der Waals surface area (Å²) in [6.07, 6.45) is 0. The van der Waals surface area contributed by atoms with Crippen molar-refractivity contribution in [1.82, 2.24) is 4.98 Å². The van der Waals surface area contributed by atoms with E-state index in [4.69, 9.17) is 0 Å². The molecule has 2 aromatic rings. The summed E-state index contributed by atoms with van der Waals surface area (Å²) in [5.74, 6) is 0. The maximum absolute atomic E-state index is 12.2. The van der Waals surface area contributed by atoms with Crippen molar-refractivity contribution in [2.45, 2.75) is 31.1 Å². The fraction of sp³-hybridized carbons (Fsp3) is 0.308. The average molecular weight is 375 g/mol. The Bertz CT molecular complexity index is 718. The van der Waals surface area contributed by atoms with Gasteiger partial charge in [0.15, 0.2) is 5.13 Å². The number of sulfonamides is 1. The SMILES string of the molecule is CC(C)(C)c1csc(NS(=O)(=O)c2cccc(Br)c2)n1. The highest BCUT2D eigenvalue weighted by molar-refractivity contribution is 9.10. The van der Waals surface area contributed by atoms with Gasteiger partial charge in [-0.1, -0.05) is 42.8 Å². The molecule has 0 saturated heterocycles. The monoisotopic (exact) mass is 374 g/mol. The van der Waals surface area contributed by atoms with E-state index in [2.05, 4.69) is 25.6 Å². The summed E-state index contributed by atoms with van der Waals surface area (Å²) >= 11 is 4.55. The van der Waals surface area contributed by atoms with Gasteiger partial charge >= 0.3 is 0 Å². The Morgan fingerprint density at radius 3 is 2.55 bits per heavy atom. The van der Waals surface area contributed by atoms with E-state index < -0.39 is 10.0 Å². The first-order valence-electron chi connectivity index (χ1n) is 5.93. The fourth-order valence-corrected chi connectivity index (χ4v) is 4.26. The molecule has 108 valence electrons. The largest absolute Gasteiger partial charge is 0.263 e. The van der Waals surface area contributed by atoms with Crippen LogP contribution in [0.5, 0.6) is 0 Å². The number of rotatable bonds is 3. The number of aromatic nitrogens is 1. The second-order valence-electron chi connectivity index (χ2n) is 5.35. The van der Waals surface area contributed by atoms with Crippen LogP contribution in [0, 0.1) is 0 Å². The summed E-state index contributed by atoms with van der Waals surface area (Å²) in [7, 11) is -3.60. The first-order chi connectivity index (χ1) is 9.18. The van der Waals surface area contributed by atoms with Crippen molar-refractivity contribution in [1.29, 1.82) is 0 Å². The van der Waals surface area contributed by atoms with Crippen LogP contribution in [0.25, 0.3) is 0 Å². The molecule has 1 N–H and O–H groups in total. The van der Waals surface area contributed by atoms with Gasteiger partial charge in [-0.05, 0) is 18.2 Å². The van der Waals surface area contributed by atoms with Gasteiger partial charge in [0.25, 0.3) is 10.0 Å². The van der Waals surface area contributed by atoms with E-state index in [0.717, 1.165) is 10.2 Å². The molecule has 1 aromatic heterocycles. The molecule has 0 radical (unpaired) electrons. The van der Waals surface area contributed by atoms with Crippen LogP contribution in [0.3, 0.4) is 0 Å². The van der Waals surface area contributed by atoms with E-state index in [1.807, 2.05) is 26.2 Å². The third-order valence-electron chi connectivity index (χ3n) is 2.60. The van der Waals surface area contributed by atoms with Crippen molar-refractivity contribution in [2.24, 2.45) is 0 Å². The smallest absolute Gasteiger partial charge is 0.255 e. The number of hydrogen-bond donors (Lipinski definition) is 1. The minimum atomic E-state index is -3.60. The molecule has 0 aliphatic heterocycles. The zero-order chi connectivity index (χ0) is 15.0. The lowest BCUT2D eigenvalue weighted by Crippen LogP contribution is -2.14. The minimum Gasteiger partial charge on any atom is -0.255 e. The fourth-order valence-electron chi connectivity index (χ4n) is 1.47. The van der Waals surface area contributed by atoms with Crippen LogP contribution in [0.1, 0.15) is 26.5 Å². The standard InChI is InChI=1S/C13H15BrN2O2S2/c1-13(2,3)11-8-19-12(15-11)16-20(17,18)10-6-4-5-9(14)7-10/h4-8H,1-3H3,(H,15,16). The van der Waals surface area contributed by atoms with Crippen LogP contribution < -0.4 is 4.72 Å². The van der Waals surface area contributed by atoms with Crippen molar-refractivity contribution in [3.63, 3.8) is 0 Å². The molecule has 0 fully saturated rings. The topological polar surface area (TPSA) is 59.1 Å². The molecule has 1 heterocycles. The molecule has 7 heteroatoms. The number of thiazole rings is 1. The lowest BCUT2D eigenvalue weighted by molar-refractivity contribution is 0.573. The number of nitrogens with one attached hydrogen (secondary N) is 1. The summed E-state index contributed by atoms with van der Waals surface area (Å²) < 4.78 is 27.7. The molecule has 2 rings (SSSR count). The average Bonchev–Trinajstić information content (AvgIpc) is 2.76. The van der Waals surface area contributed by atoms with Gasteiger partial charge in [-0.15, -0.1) is 11.3 Å². The lowest BCUT2D eigenvalue weighted by atomic mass is 9.93. The summed E-state index contributed by atoms with van der Waals surface area (Å²) in [6, 6.07) is 6.56. The molecular formula is C13H15BrN2O2S2. The van der Waals surface area contributed by atoms with Gasteiger partial charge in [0, 0.05) is 15.3 Å². The Morgan fingerprint density at radius 2 is 2.00 bits per heavy atom. The number of anilines is 1. The predicted octanol–water partition coefficient (Wildman–Crippen LogP) is 4.00. The van der Waals surface area contributed by atoms with Crippen molar-refractivity contribution in [2.75, 3.05) is 4.72 Å². The number of benzene rings is 1. The van der Waals surface area contributed by atoms with E-state index in [9.17, 15) is 8.42 Å². The highest BCUT2D eigenvalue weighted by Gasteiger charge is 2.20. The van der Waals surface area contributed by atoms with Crippen LogP contribution in [0.15, 0.2) is 39.0 Å². The predicted molar refractivity (Wildman–Crippen MR) is 85.8 cm³/mol. The molecule has 0 amide bonds. The Hall–Kier alpha value is -0.920. The normalized spacial score (nSPS) is 12.4. The number of halogens is 1. The molecule has 0 aliphatic rings. The summed E-state index contributed by atoms with van der Waals surface area (Å²) in [4.78, 5) is 4.54. The molecule has 0 spiro atoms. The third-order valence-corrected chi connectivity index (χ3v) is 5.32. The second kappa shape index (κ2) is 5.46. The Balaban J connectivity index is 2.27. The molecular weight excluding hydrogens is 360 g/mol. The van der Waals surface area contributed by atoms with Crippen molar-refractivity contribution >= 4 is 42.4 Å². The van der Waals surface area contributed by atoms with Gasteiger partial charge in [-0.2, -0.15) is 0 Å². The zero-order valence-corrected chi connectivity index (χ0v) is 14.6. The molecule has 20 heavy (non-hydrogen) atoms. The van der Waals surface area contributed by atoms with Crippen LogP contribution >= 0.6 is 27.3 Å². The molecule has 0 unspecified atom stereocenters. The maximum atomic E-state index is 12.2. The van der Waals surface area contributed by atoms with E-state index in [1.54, 1.807) is 24.3 Å². The van der Waals surface area contributed by atoms with Gasteiger partial charge in [-0.25, -0.2) is 13.4 Å². The number of nitrogens with zero attached hydrogens (tertiary/aromatic N) is 1. The molecule has 4 nitrogen and oxygen atoms in total. The van der Waals surface area contributed by atoms with Gasteiger partial charge in [0.05, 0.1) is 10.6 Å². The van der Waals surface area contributed by atoms with Crippen LogP contribution in [-0.2, 0) is 15.4 Å². The maximum Gasteiger partial charge on any atom is 0.263 e.